The number of carbonyl (C=O) groups is 1. The van der Waals surface area contributed by atoms with Crippen LogP contribution in [-0.4, -0.2) is 38.5 Å². The zero-order valence-electron chi connectivity index (χ0n) is 25.2. The molecule has 10 heteroatoms. The third-order valence-corrected chi connectivity index (χ3v) is 7.43. The van der Waals surface area contributed by atoms with Crippen molar-refractivity contribution in [1.82, 2.24) is 4.58 Å². The zero-order valence-corrected chi connectivity index (χ0v) is 25.2. The Morgan fingerprint density at radius 1 is 1.02 bits per heavy atom. The highest BCUT2D eigenvalue weighted by molar-refractivity contribution is 6.50. The minimum absolute atomic E-state index is 0.0510. The first-order chi connectivity index (χ1) is 19.1. The fourth-order valence-electron chi connectivity index (χ4n) is 5.72. The lowest BCUT2D eigenvalue weighted by molar-refractivity contribution is -0.143. The van der Waals surface area contributed by atoms with E-state index >= 15 is 0 Å². The first kappa shape index (κ1) is 32.5. The maximum atomic E-state index is 11.7. The van der Waals surface area contributed by atoms with E-state index in [9.17, 15) is 22.1 Å². The van der Waals surface area contributed by atoms with Crippen LogP contribution in [0.3, 0.4) is 0 Å². The van der Waals surface area contributed by atoms with Crippen molar-refractivity contribution in [2.45, 2.75) is 86.1 Å². The predicted molar refractivity (Wildman–Crippen MR) is 155 cm³/mol. The molecule has 0 amide bonds. The zero-order chi connectivity index (χ0) is 30.6. The van der Waals surface area contributed by atoms with E-state index < -0.39 is 7.25 Å². The Morgan fingerprint density at radius 3 is 2.34 bits per heavy atom. The van der Waals surface area contributed by atoms with Gasteiger partial charge in [0.2, 0.25) is 5.36 Å². The van der Waals surface area contributed by atoms with Crippen molar-refractivity contribution < 1.29 is 36.3 Å². The van der Waals surface area contributed by atoms with Gasteiger partial charge in [0.15, 0.2) is 5.54 Å². The summed E-state index contributed by atoms with van der Waals surface area (Å²) in [6, 6.07) is 4.51. The number of nitrogens with zero attached hydrogens (tertiary/aromatic N) is 1. The number of benzene rings is 1. The molecular formula is C31H42BF4NO4. The number of esters is 1. The van der Waals surface area contributed by atoms with E-state index in [0.29, 0.717) is 19.6 Å². The maximum Gasteiger partial charge on any atom is 0.673 e. The van der Waals surface area contributed by atoms with E-state index in [1.54, 1.807) is 0 Å². The molecule has 0 saturated heterocycles. The van der Waals surface area contributed by atoms with Gasteiger partial charge in [-0.25, -0.2) is 4.58 Å². The number of fused-ring (bicyclic) bond motifs is 2. The largest absolute Gasteiger partial charge is 0.673 e. The summed E-state index contributed by atoms with van der Waals surface area (Å²) >= 11 is 0. The quantitative estimate of drug-likeness (QED) is 0.109. The number of halogens is 4. The molecule has 41 heavy (non-hydrogen) atoms. The van der Waals surface area contributed by atoms with Crippen LogP contribution in [0.15, 0.2) is 41.4 Å². The van der Waals surface area contributed by atoms with Crippen LogP contribution < -0.4 is 19.9 Å². The molecule has 3 aliphatic rings. The Morgan fingerprint density at radius 2 is 1.71 bits per heavy atom. The van der Waals surface area contributed by atoms with Gasteiger partial charge in [0.25, 0.3) is 0 Å². The summed E-state index contributed by atoms with van der Waals surface area (Å²) in [5, 5.41) is 2.35. The molecule has 5 nitrogen and oxygen atoms in total. The van der Waals surface area contributed by atoms with Gasteiger partial charge >= 0.3 is 13.2 Å². The minimum Gasteiger partial charge on any atom is -0.498 e. The van der Waals surface area contributed by atoms with Crippen LogP contribution in [0.4, 0.5) is 17.3 Å². The lowest BCUT2D eigenvalue weighted by atomic mass is 9.75. The molecule has 2 aliphatic heterocycles. The summed E-state index contributed by atoms with van der Waals surface area (Å²) in [5.74, 6) is 2.69. The van der Waals surface area contributed by atoms with Crippen LogP contribution in [0.1, 0.15) is 86.1 Å². The molecule has 0 unspecified atom stereocenters. The molecule has 0 aromatic heterocycles. The van der Waals surface area contributed by atoms with Gasteiger partial charge in [-0.15, -0.1) is 0 Å². The van der Waals surface area contributed by atoms with Gasteiger partial charge in [-0.1, -0.05) is 13.8 Å². The fourth-order valence-corrected chi connectivity index (χ4v) is 5.72. The van der Waals surface area contributed by atoms with E-state index in [1.165, 1.54) is 22.1 Å². The van der Waals surface area contributed by atoms with Crippen molar-refractivity contribution in [3.05, 3.63) is 57.5 Å². The van der Waals surface area contributed by atoms with Crippen LogP contribution in [0.2, 0.25) is 0 Å². The van der Waals surface area contributed by atoms with Gasteiger partial charge in [-0.2, -0.15) is 0 Å². The summed E-state index contributed by atoms with van der Waals surface area (Å²) < 4.78 is 59.0. The Bertz CT molecular complexity index is 1370. The second-order valence-electron chi connectivity index (χ2n) is 11.8. The monoisotopic (exact) mass is 579 g/mol. The first-order valence-corrected chi connectivity index (χ1v) is 14.3. The molecule has 0 N–H and O–H groups in total. The molecule has 0 spiro atoms. The topological polar surface area (TPSA) is 47.8 Å². The number of hydrogen-bond acceptors (Lipinski definition) is 4. The van der Waals surface area contributed by atoms with E-state index in [2.05, 4.69) is 69.6 Å². The number of allylic oxidation sites excluding steroid dienone is 4. The van der Waals surface area contributed by atoms with Crippen LogP contribution in [-0.2, 0) is 14.3 Å². The van der Waals surface area contributed by atoms with Crippen LogP contribution >= 0.6 is 0 Å². The third-order valence-electron chi connectivity index (χ3n) is 7.43. The second-order valence-corrected chi connectivity index (χ2v) is 11.8. The van der Waals surface area contributed by atoms with E-state index in [1.807, 2.05) is 13.8 Å². The summed E-state index contributed by atoms with van der Waals surface area (Å²) in [4.78, 5) is 11.7. The minimum atomic E-state index is -6.00. The second kappa shape index (κ2) is 12.9. The van der Waals surface area contributed by atoms with Crippen molar-refractivity contribution in [2.75, 3.05) is 19.8 Å². The molecule has 0 radical (unpaired) electrons. The molecule has 4 rings (SSSR count). The van der Waals surface area contributed by atoms with Crippen molar-refractivity contribution >= 4 is 24.9 Å². The molecule has 0 bridgehead atoms. The number of rotatable bonds is 9. The summed E-state index contributed by atoms with van der Waals surface area (Å²) in [6.45, 7) is 17.2. The normalized spacial score (nSPS) is 18.3. The molecule has 0 saturated carbocycles. The summed E-state index contributed by atoms with van der Waals surface area (Å²) in [7, 11) is -6.00. The molecule has 226 valence electrons. The van der Waals surface area contributed by atoms with Crippen molar-refractivity contribution in [3.8, 4) is 5.75 Å². The maximum absolute atomic E-state index is 11.7. The van der Waals surface area contributed by atoms with Crippen LogP contribution in [0.5, 0.6) is 5.75 Å². The average molecular weight is 579 g/mol. The highest BCUT2D eigenvalue weighted by Crippen LogP contribution is 2.43. The van der Waals surface area contributed by atoms with Gasteiger partial charge in [0.05, 0.1) is 19.3 Å². The highest BCUT2D eigenvalue weighted by Gasteiger charge is 2.36. The lowest BCUT2D eigenvalue weighted by Crippen LogP contribution is -2.50. The van der Waals surface area contributed by atoms with Crippen molar-refractivity contribution in [2.24, 2.45) is 5.41 Å². The number of ether oxygens (including phenoxy) is 3. The molecule has 1 aliphatic carbocycles. The molecule has 1 aromatic carbocycles. The Balaban J connectivity index is 0.000000850. The number of unbranched alkanes of at least 4 members (excludes halogenated alkanes) is 2. The Hall–Kier alpha value is -3.04. The molecule has 0 fully saturated rings. The number of carbonyl (C=O) groups excluding carboxylic acids is 1. The van der Waals surface area contributed by atoms with Crippen molar-refractivity contribution in [1.29, 1.82) is 0 Å². The van der Waals surface area contributed by atoms with E-state index in [-0.39, 0.29) is 16.9 Å². The smallest absolute Gasteiger partial charge is 0.498 e. The molecule has 1 aromatic rings. The van der Waals surface area contributed by atoms with Crippen LogP contribution in [0, 0.1) is 5.41 Å². The average Bonchev–Trinajstić information content (AvgIpc) is 2.82. The first-order valence-electron chi connectivity index (χ1n) is 14.3. The standard InChI is InChI=1S/C31H42NO4.BF4/c1-8-34-23-17-28-25(30(4,5)20-23)16-22-15-24-21(3)19-31(6,7)32(26(24)18-27(22)36-28)14-12-10-11-13-29(33)35-9-2;2-1(3,4)5/h15-19H,8-14,20H2,1-7H3;/q+1;-1. The lowest BCUT2D eigenvalue weighted by Gasteiger charge is -2.34. The van der Waals surface area contributed by atoms with Gasteiger partial charge in [0, 0.05) is 61.0 Å². The highest BCUT2D eigenvalue weighted by atomic mass is 19.5. The number of hydrogen-bond donors (Lipinski definition) is 0. The SMILES string of the molecule is CCOC(=O)CCCCC[N+]1=c2cc3c(cc2C(C)=CC1(C)C)=CC1=C(C=C(OCC)CC1(C)C)O3.F[B-](F)(F)F. The fraction of sp³-hybridized carbons (Fsp3) is 0.548. The summed E-state index contributed by atoms with van der Waals surface area (Å²) in [5.41, 5.74) is 3.64. The van der Waals surface area contributed by atoms with Gasteiger partial charge in [-0.05, 0) is 57.4 Å². The van der Waals surface area contributed by atoms with Gasteiger partial charge in [0.1, 0.15) is 23.8 Å². The van der Waals surface area contributed by atoms with Gasteiger partial charge < -0.3 is 31.5 Å². The van der Waals surface area contributed by atoms with Gasteiger partial charge in [-0.3, -0.25) is 4.79 Å². The Kier molecular flexibility index (Phi) is 10.2. The van der Waals surface area contributed by atoms with Crippen LogP contribution in [0.25, 0.3) is 11.6 Å². The molecule has 2 heterocycles. The third kappa shape index (κ3) is 8.49. The molecular weight excluding hydrogens is 537 g/mol. The molecule has 0 atom stereocenters. The van der Waals surface area contributed by atoms with E-state index in [4.69, 9.17) is 14.2 Å². The predicted octanol–water partition coefficient (Wildman–Crippen LogP) is 6.57. The Labute approximate surface area is 240 Å². The van der Waals surface area contributed by atoms with Crippen molar-refractivity contribution in [3.63, 3.8) is 0 Å². The summed E-state index contributed by atoms with van der Waals surface area (Å²) in [6.07, 6.45) is 11.0. The van der Waals surface area contributed by atoms with E-state index in [0.717, 1.165) is 54.7 Å².